The number of thiazole rings is 1. The fraction of sp³-hybridized carbons (Fsp3) is 0.651. The Labute approximate surface area is 679 Å². The van der Waals surface area contributed by atoms with E-state index in [4.69, 9.17) is 19.9 Å². The number of alkyl carbamates (subject to hydrolysis) is 1. The largest absolute Gasteiger partial charge is 0.445 e. The summed E-state index contributed by atoms with van der Waals surface area (Å²) < 4.78 is 17.9. The van der Waals surface area contributed by atoms with Gasteiger partial charge in [0.2, 0.25) is 29.5 Å². The minimum atomic E-state index is -1.50. The zero-order chi connectivity index (χ0) is 84.8. The van der Waals surface area contributed by atoms with Gasteiger partial charge in [0.25, 0.3) is 0 Å². The van der Waals surface area contributed by atoms with E-state index in [1.54, 1.807) is 63.4 Å². The molecule has 9 N–H and O–H groups in total. The van der Waals surface area contributed by atoms with Crippen LogP contribution in [0.2, 0.25) is 0 Å². The lowest BCUT2D eigenvalue weighted by Crippen LogP contribution is -2.55. The van der Waals surface area contributed by atoms with Crippen LogP contribution in [0.5, 0.6) is 0 Å². The number of amides is 8. The van der Waals surface area contributed by atoms with Crippen LogP contribution >= 0.6 is 11.3 Å². The molecule has 4 aromatic rings. The van der Waals surface area contributed by atoms with Crippen molar-refractivity contribution in [3.63, 3.8) is 0 Å². The minimum Gasteiger partial charge on any atom is -0.445 e. The Morgan fingerprint density at radius 3 is 2.00 bits per heavy atom. The van der Waals surface area contributed by atoms with E-state index in [-0.39, 0.29) is 142 Å². The summed E-state index contributed by atoms with van der Waals surface area (Å²) in [5.41, 5.74) is 5.44. The zero-order valence-electron chi connectivity index (χ0n) is 70.8. The van der Waals surface area contributed by atoms with Crippen molar-refractivity contribution in [1.82, 2.24) is 51.3 Å². The number of likely N-dealkylation sites (tertiary alicyclic amines) is 1. The number of methoxy groups -OCH3 is 2. The third-order valence-corrected chi connectivity index (χ3v) is 22.7. The van der Waals surface area contributed by atoms with E-state index in [0.29, 0.717) is 68.6 Å². The van der Waals surface area contributed by atoms with Crippen LogP contribution in [0.3, 0.4) is 0 Å². The van der Waals surface area contributed by atoms with Gasteiger partial charge in [-0.25, -0.2) is 19.6 Å². The molecular formula is C86H132N12O15S. The van der Waals surface area contributed by atoms with Crippen LogP contribution in [0, 0.1) is 46.8 Å². The molecule has 632 valence electrons. The number of aromatic amines is 1. The number of ketones is 5. The summed E-state index contributed by atoms with van der Waals surface area (Å²) in [6.07, 6.45) is 6.78. The average molecular weight is 1610 g/mol. The highest BCUT2D eigenvalue weighted by Crippen LogP contribution is 2.35. The average Bonchev–Trinajstić information content (AvgIpc) is 1.32. The van der Waals surface area contributed by atoms with E-state index in [2.05, 4.69) is 59.0 Å². The quantitative estimate of drug-likeness (QED) is 0.0190. The van der Waals surface area contributed by atoms with Crippen molar-refractivity contribution in [2.24, 2.45) is 52.6 Å². The molecule has 0 unspecified atom stereocenters. The van der Waals surface area contributed by atoms with Crippen LogP contribution < -0.4 is 37.6 Å². The van der Waals surface area contributed by atoms with Gasteiger partial charge in [-0.2, -0.15) is 0 Å². The van der Waals surface area contributed by atoms with Gasteiger partial charge in [-0.3, -0.25) is 47.9 Å². The van der Waals surface area contributed by atoms with Crippen LogP contribution in [-0.4, -0.2) is 184 Å². The van der Waals surface area contributed by atoms with Gasteiger partial charge >= 0.3 is 12.1 Å². The van der Waals surface area contributed by atoms with Gasteiger partial charge in [0, 0.05) is 149 Å². The van der Waals surface area contributed by atoms with E-state index in [1.165, 1.54) is 44.8 Å². The number of nitrogens with two attached hydrogens (primary N) is 1. The van der Waals surface area contributed by atoms with Gasteiger partial charge < -0.3 is 66.6 Å². The standard InChI is InChI=1S/C86H132N12O15S/c1-19-55(6)75(70(111-17)49-73(104)98-41-26-31-67(98)76(112-18)56(7)68(100)46-61(80-90-40-42-114-80)43-57-27-21-20-22-28-57)97(16)81(108)65(53(2)3)48-71(102)86(14,15)96-83(110)113-51-58-32-34-62(35-33-58)93-78(106)60(30-25-39-91-82(87)109)45-69(101)74(54(4)5)94-79(107)59(44-64(99)47-63-50-88-52-92-63)29-23-24-38-89-72(103)37-36-66(95-85(11,12)13)77(105)84(8,9)10/h20-22,27-28,32-35,40,42,50,52-56,59-61,65-67,70,74-76,95H,19,23-26,29-31,36-39,41,43-49,51H2,1-18H3,(H,88,92)(H,89,103)(H,93,106)(H,94,107)(H,96,110)(H3,87,91,109)/t55-,56-,59+,60+,61+,65-,66+,67-,70+,74-,75-,76+/m0/s1. The Balaban J connectivity index is 1.18. The van der Waals surface area contributed by atoms with Crippen LogP contribution in [0.4, 0.5) is 15.3 Å². The number of unbranched alkanes of at least 4 members (excludes halogenated alkanes) is 1. The second-order valence-electron chi connectivity index (χ2n) is 34.2. The fourth-order valence-corrected chi connectivity index (χ4v) is 15.7. The number of benzene rings is 2. The summed E-state index contributed by atoms with van der Waals surface area (Å²) in [4.78, 5) is 181. The van der Waals surface area contributed by atoms with E-state index >= 15 is 0 Å². The number of likely N-dealkylation sites (N-methyl/N-ethyl adjacent to an activating group) is 1. The molecule has 0 saturated carbocycles. The third kappa shape index (κ3) is 31.2. The molecule has 0 bridgehead atoms. The summed E-state index contributed by atoms with van der Waals surface area (Å²) >= 11 is 1.53. The highest BCUT2D eigenvalue weighted by molar-refractivity contribution is 7.09. The van der Waals surface area contributed by atoms with Gasteiger partial charge in [-0.1, -0.05) is 125 Å². The maximum absolute atomic E-state index is 14.9. The first-order chi connectivity index (χ1) is 53.7. The van der Waals surface area contributed by atoms with Gasteiger partial charge in [0.05, 0.1) is 59.7 Å². The maximum Gasteiger partial charge on any atom is 0.408 e. The summed E-state index contributed by atoms with van der Waals surface area (Å²) in [5, 5.41) is 20.1. The Kier molecular flexibility index (Phi) is 38.9. The Hall–Kier alpha value is -8.60. The Bertz CT molecular complexity index is 3750. The predicted molar refractivity (Wildman–Crippen MR) is 441 cm³/mol. The lowest BCUT2D eigenvalue weighted by atomic mass is 9.83. The second kappa shape index (κ2) is 46.2. The van der Waals surface area contributed by atoms with Crippen LogP contribution in [-0.2, 0) is 81.6 Å². The third-order valence-electron chi connectivity index (χ3n) is 21.7. The van der Waals surface area contributed by atoms with E-state index in [1.807, 2.05) is 105 Å². The zero-order valence-corrected chi connectivity index (χ0v) is 71.7. The van der Waals surface area contributed by atoms with Gasteiger partial charge in [0.15, 0.2) is 17.3 Å². The first kappa shape index (κ1) is 96.0. The normalized spacial score (nSPS) is 16.2. The number of nitrogens with one attached hydrogen (secondary N) is 7. The van der Waals surface area contributed by atoms with Crippen LogP contribution in [0.1, 0.15) is 228 Å². The van der Waals surface area contributed by atoms with Crippen LogP contribution in [0.25, 0.3) is 0 Å². The highest BCUT2D eigenvalue weighted by atomic mass is 32.1. The van der Waals surface area contributed by atoms with Gasteiger partial charge in [-0.15, -0.1) is 11.3 Å². The van der Waals surface area contributed by atoms with Crippen molar-refractivity contribution < 1.29 is 71.7 Å². The Morgan fingerprint density at radius 1 is 0.746 bits per heavy atom. The molecular weight excluding hydrogens is 1470 g/mol. The monoisotopic (exact) mass is 1600 g/mol. The highest BCUT2D eigenvalue weighted by Gasteiger charge is 2.45. The van der Waals surface area contributed by atoms with Crippen molar-refractivity contribution in [2.75, 3.05) is 46.2 Å². The molecule has 12 atom stereocenters. The molecule has 1 saturated heterocycles. The first-order valence-corrected chi connectivity index (χ1v) is 41.5. The molecule has 0 radical (unpaired) electrons. The second-order valence-corrected chi connectivity index (χ2v) is 35.1. The molecule has 1 aliphatic rings. The molecule has 3 heterocycles. The summed E-state index contributed by atoms with van der Waals surface area (Å²) in [7, 11) is 4.79. The molecule has 114 heavy (non-hydrogen) atoms. The van der Waals surface area contributed by atoms with Gasteiger partial charge in [0.1, 0.15) is 18.2 Å². The number of rotatable bonds is 50. The molecule has 27 nitrogen and oxygen atoms in total. The van der Waals surface area contributed by atoms with Crippen LogP contribution in [0.15, 0.2) is 78.7 Å². The number of H-pyrrole nitrogens is 1. The number of anilines is 1. The maximum atomic E-state index is 14.9. The van der Waals surface area contributed by atoms with Crippen molar-refractivity contribution in [2.45, 2.75) is 273 Å². The van der Waals surface area contributed by atoms with Crippen molar-refractivity contribution in [3.05, 3.63) is 101 Å². The molecule has 0 spiro atoms. The van der Waals surface area contributed by atoms with Crippen molar-refractivity contribution >= 4 is 87.6 Å². The first-order valence-electron chi connectivity index (χ1n) is 40.6. The lowest BCUT2D eigenvalue weighted by molar-refractivity contribution is -0.149. The van der Waals surface area contributed by atoms with E-state index in [9.17, 15) is 57.5 Å². The topological polar surface area (TPSA) is 379 Å². The number of carbonyl (C=O) groups is 12. The summed E-state index contributed by atoms with van der Waals surface area (Å²) in [5.74, 6) is -6.98. The number of nitrogens with zero attached hydrogens (tertiary/aromatic N) is 4. The molecule has 2 aromatic heterocycles. The Morgan fingerprint density at radius 2 is 1.41 bits per heavy atom. The molecule has 1 aliphatic heterocycles. The molecule has 0 aliphatic carbocycles. The predicted octanol–water partition coefficient (Wildman–Crippen LogP) is 11.4. The number of primary amides is 1. The molecule has 8 amide bonds. The minimum absolute atomic E-state index is 0.00310. The fourth-order valence-electron chi connectivity index (χ4n) is 14.9. The summed E-state index contributed by atoms with van der Waals surface area (Å²) in [6, 6.07) is 13.2. The van der Waals surface area contributed by atoms with Crippen molar-refractivity contribution in [3.8, 4) is 0 Å². The number of ether oxygens (including phenoxy) is 3. The lowest BCUT2D eigenvalue weighted by Gasteiger charge is -2.41. The molecule has 1 fully saturated rings. The van der Waals surface area contributed by atoms with E-state index < -0.39 is 106 Å². The number of Topliss-reactive ketones (excluding diaryl/α,β-unsaturated/α-hetero) is 5. The number of imidazole rings is 1. The number of hydrogen-bond acceptors (Lipinski definition) is 19. The molecule has 28 heteroatoms. The van der Waals surface area contributed by atoms with E-state index in [0.717, 1.165) is 17.0 Å². The smallest absolute Gasteiger partial charge is 0.408 e. The molecule has 5 rings (SSSR count). The molecule has 2 aromatic carbocycles. The number of carbonyl (C=O) groups excluding carboxylic acids is 12. The number of aromatic nitrogens is 3. The van der Waals surface area contributed by atoms with Crippen molar-refractivity contribution in [1.29, 1.82) is 0 Å². The SMILES string of the molecule is CC[C@H](C)[C@@H]([C@@H](CC(=O)N1CCC[C@H]1[C@H](OC)[C@@H](C)C(=O)C[C@@H](Cc1ccccc1)c1nccs1)OC)N(C)C(=O)[C@@H](CC(=O)C(C)(C)NC(=O)OCc1ccc(NC(=O)[C@H](CCCNC(N)=O)CC(=O)[C@@H](NC(=O)[C@H](CCCCNC(=O)CC[C@@H](NC(C)(C)C)C(=O)C(C)(C)C)CC(=O)Cc2cnc[nH]2)C(C)C)cc1)C(C)C. The number of hydrogen-bond donors (Lipinski definition) is 8. The number of urea groups is 1. The summed E-state index contributed by atoms with van der Waals surface area (Å²) in [6.45, 7) is 28.3. The van der Waals surface area contributed by atoms with Gasteiger partial charge in [-0.05, 0) is 127 Å².